The number of hydrogen-bond donors (Lipinski definition) is 0. The number of carbonyl (C=O) groups is 2. The van der Waals surface area contributed by atoms with Gasteiger partial charge in [-0.1, -0.05) is 66.9 Å². The van der Waals surface area contributed by atoms with Gasteiger partial charge in [0.15, 0.2) is 5.78 Å². The van der Waals surface area contributed by atoms with Crippen LogP contribution in [0, 0.1) is 34.0 Å². The van der Waals surface area contributed by atoms with Crippen LogP contribution in [0.2, 0.25) is 0 Å². The van der Waals surface area contributed by atoms with Gasteiger partial charge < -0.3 is 9.47 Å². The smallest absolute Gasteiger partial charge is 0.373 e. The van der Waals surface area contributed by atoms with Crippen LogP contribution in [0.5, 0.6) is 0 Å². The topological polar surface area (TPSA) is 86.7 Å². The molecule has 2 saturated heterocycles. The van der Waals surface area contributed by atoms with Crippen LogP contribution < -0.4 is 0 Å². The molecule has 0 N–H and O–H groups in total. The molecule has 186 valence electrons. The van der Waals surface area contributed by atoms with Gasteiger partial charge in [0, 0.05) is 27.1 Å². The molecule has 6 rings (SSSR count). The minimum Gasteiger partial charge on any atom is -0.459 e. The SMILES string of the molecule is CC[C@H]1[C@]2(C)C3=C(C)[C@H](C4=C(Br)CC=C4)C[C@H]3O[C@@H]2[C@@H]2OC(=O)[C@]3(C)C=CC(=O)[C@@]1(C)[C@@H]23.O=C=O. The summed E-state index contributed by atoms with van der Waals surface area (Å²) in [7, 11) is 0. The first-order chi connectivity index (χ1) is 16.5. The van der Waals surface area contributed by atoms with Gasteiger partial charge in [-0.25, -0.2) is 0 Å². The first-order valence-corrected chi connectivity index (χ1v) is 13.2. The van der Waals surface area contributed by atoms with Gasteiger partial charge in [-0.05, 0) is 49.8 Å². The minimum atomic E-state index is -0.764. The fourth-order valence-corrected chi connectivity index (χ4v) is 9.48. The molecule has 0 unspecified atom stereocenters. The van der Waals surface area contributed by atoms with Crippen molar-refractivity contribution < 1.29 is 28.7 Å². The van der Waals surface area contributed by atoms with Gasteiger partial charge in [0.25, 0.3) is 0 Å². The van der Waals surface area contributed by atoms with Crippen molar-refractivity contribution in [3.8, 4) is 0 Å². The predicted octanol–water partition coefficient (Wildman–Crippen LogP) is 4.85. The number of rotatable bonds is 2. The van der Waals surface area contributed by atoms with Crippen LogP contribution >= 0.6 is 15.9 Å². The third kappa shape index (κ3) is 2.86. The van der Waals surface area contributed by atoms with E-state index in [2.05, 4.69) is 55.8 Å². The Balaban J connectivity index is 0.000000806. The molecule has 35 heavy (non-hydrogen) atoms. The van der Waals surface area contributed by atoms with E-state index >= 15 is 0 Å². The van der Waals surface area contributed by atoms with Crippen LogP contribution in [-0.4, -0.2) is 36.2 Å². The van der Waals surface area contributed by atoms with Gasteiger partial charge in [-0.15, -0.1) is 0 Å². The molecule has 9 atom stereocenters. The quantitative estimate of drug-likeness (QED) is 0.366. The highest BCUT2D eigenvalue weighted by atomic mass is 79.9. The number of halogens is 1. The Morgan fingerprint density at radius 3 is 2.43 bits per heavy atom. The van der Waals surface area contributed by atoms with Crippen molar-refractivity contribution in [2.75, 3.05) is 0 Å². The van der Waals surface area contributed by atoms with Gasteiger partial charge in [0.05, 0.1) is 11.5 Å². The van der Waals surface area contributed by atoms with Gasteiger partial charge in [-0.3, -0.25) is 9.59 Å². The fourth-order valence-electron chi connectivity index (χ4n) is 8.89. The van der Waals surface area contributed by atoms with E-state index in [9.17, 15) is 9.59 Å². The number of ketones is 1. The lowest BCUT2D eigenvalue weighted by molar-refractivity contribution is -0.191. The lowest BCUT2D eigenvalue weighted by Gasteiger charge is -2.59. The van der Waals surface area contributed by atoms with Crippen molar-refractivity contribution in [2.45, 2.75) is 72.2 Å². The molecule has 4 aliphatic carbocycles. The third-order valence-corrected chi connectivity index (χ3v) is 10.8. The second kappa shape index (κ2) is 7.96. The maximum Gasteiger partial charge on any atom is 0.373 e. The second-order valence-electron chi connectivity index (χ2n) is 11.3. The Hall–Kier alpha value is -2.08. The van der Waals surface area contributed by atoms with E-state index in [0.717, 1.165) is 19.3 Å². The predicted molar refractivity (Wildman–Crippen MR) is 130 cm³/mol. The van der Waals surface area contributed by atoms with E-state index in [1.807, 2.05) is 6.92 Å². The van der Waals surface area contributed by atoms with Crippen molar-refractivity contribution in [3.05, 3.63) is 45.5 Å². The van der Waals surface area contributed by atoms with Crippen LogP contribution in [0.15, 0.2) is 45.5 Å². The maximum atomic E-state index is 13.6. The van der Waals surface area contributed by atoms with Crippen LogP contribution in [-0.2, 0) is 28.7 Å². The van der Waals surface area contributed by atoms with Crippen molar-refractivity contribution in [1.29, 1.82) is 0 Å². The second-order valence-corrected chi connectivity index (χ2v) is 12.3. The molecule has 2 heterocycles. The zero-order valence-electron chi connectivity index (χ0n) is 20.7. The maximum absolute atomic E-state index is 13.6. The van der Waals surface area contributed by atoms with Crippen LogP contribution in [0.25, 0.3) is 0 Å². The number of carbonyl (C=O) groups excluding carboxylic acids is 4. The average molecular weight is 543 g/mol. The highest BCUT2D eigenvalue weighted by Crippen LogP contribution is 2.71. The summed E-state index contributed by atoms with van der Waals surface area (Å²) in [4.78, 5) is 42.9. The summed E-state index contributed by atoms with van der Waals surface area (Å²) in [5.41, 5.74) is 2.34. The van der Waals surface area contributed by atoms with E-state index in [4.69, 9.17) is 19.1 Å². The molecule has 0 radical (unpaired) electrons. The highest BCUT2D eigenvalue weighted by Gasteiger charge is 2.77. The molecule has 6 aliphatic rings. The number of esters is 1. The number of allylic oxidation sites excluding steroid dienone is 6. The van der Waals surface area contributed by atoms with Crippen molar-refractivity contribution >= 4 is 33.8 Å². The summed E-state index contributed by atoms with van der Waals surface area (Å²) in [5, 5.41) is 0. The first kappa shape index (κ1) is 24.6. The van der Waals surface area contributed by atoms with Crippen molar-refractivity contribution in [2.24, 2.45) is 34.0 Å². The number of ether oxygens (including phenoxy) is 2. The molecule has 0 aromatic rings. The summed E-state index contributed by atoms with van der Waals surface area (Å²) in [6, 6.07) is 0. The molecule has 0 bridgehead atoms. The van der Waals surface area contributed by atoms with Crippen LogP contribution in [0.3, 0.4) is 0 Å². The van der Waals surface area contributed by atoms with E-state index in [-0.39, 0.29) is 53.5 Å². The zero-order valence-corrected chi connectivity index (χ0v) is 22.3. The molecule has 0 amide bonds. The van der Waals surface area contributed by atoms with Crippen LogP contribution in [0.4, 0.5) is 0 Å². The van der Waals surface area contributed by atoms with Crippen molar-refractivity contribution in [1.82, 2.24) is 0 Å². The summed E-state index contributed by atoms with van der Waals surface area (Å²) < 4.78 is 14.2. The molecule has 7 heteroatoms. The Morgan fingerprint density at radius 2 is 1.83 bits per heavy atom. The van der Waals surface area contributed by atoms with Crippen LogP contribution in [0.1, 0.15) is 53.9 Å². The number of hydrogen-bond acceptors (Lipinski definition) is 6. The molecular formula is C28H31BrO6. The zero-order chi connectivity index (χ0) is 25.5. The summed E-state index contributed by atoms with van der Waals surface area (Å²) in [6.07, 6.45) is 10.3. The molecule has 6 nitrogen and oxygen atoms in total. The van der Waals surface area contributed by atoms with Gasteiger partial charge in [0.1, 0.15) is 12.2 Å². The van der Waals surface area contributed by atoms with E-state index in [0.29, 0.717) is 5.92 Å². The molecular weight excluding hydrogens is 512 g/mol. The molecule has 2 aliphatic heterocycles. The van der Waals surface area contributed by atoms with E-state index < -0.39 is 10.8 Å². The minimum absolute atomic E-state index is 0.0169. The lowest BCUT2D eigenvalue weighted by atomic mass is 9.42. The summed E-state index contributed by atoms with van der Waals surface area (Å²) >= 11 is 3.77. The average Bonchev–Trinajstić information content (AvgIpc) is 3.50. The van der Waals surface area contributed by atoms with Gasteiger partial charge in [-0.2, -0.15) is 9.59 Å². The molecule has 3 fully saturated rings. The Bertz CT molecular complexity index is 1170. The lowest BCUT2D eigenvalue weighted by Crippen LogP contribution is -2.65. The summed E-state index contributed by atoms with van der Waals surface area (Å²) in [6.45, 7) is 10.8. The third-order valence-electron chi connectivity index (χ3n) is 10.1. The van der Waals surface area contributed by atoms with Gasteiger partial charge in [0.2, 0.25) is 0 Å². The molecule has 1 saturated carbocycles. The largest absolute Gasteiger partial charge is 0.459 e. The Labute approximate surface area is 214 Å². The molecule has 0 aromatic carbocycles. The van der Waals surface area contributed by atoms with Gasteiger partial charge >= 0.3 is 12.1 Å². The normalized spacial score (nSPS) is 46.7. The van der Waals surface area contributed by atoms with E-state index in [1.54, 1.807) is 12.2 Å². The standard InChI is InChI=1S/C27H31BrO4.CO2/c1-6-18-26(4)19(29)10-11-25(3)22(26)21(32-24(25)30)23-27(18,5)20-13(2)15(12-17(20)31-23)14-8-7-9-16(14)28;2-1-3/h7-8,10-11,15,17-18,21-23H,6,9,12H2,1-5H3;/t15-,17-,18-,21-,22+,23-,25-,26+,27-;/m1./s1. The summed E-state index contributed by atoms with van der Waals surface area (Å²) in [5.74, 6) is 0.152. The number of fused-ring (bicyclic) bond motifs is 4. The molecule has 0 spiro atoms. The Kier molecular flexibility index (Phi) is 5.60. The molecule has 0 aromatic heterocycles. The highest BCUT2D eigenvalue weighted by molar-refractivity contribution is 9.11. The first-order valence-electron chi connectivity index (χ1n) is 12.4. The van der Waals surface area contributed by atoms with E-state index in [1.165, 1.54) is 21.2 Å². The Morgan fingerprint density at radius 1 is 1.14 bits per heavy atom. The fraction of sp³-hybridized carbons (Fsp3) is 0.607. The monoisotopic (exact) mass is 542 g/mol. The van der Waals surface area contributed by atoms with Crippen molar-refractivity contribution in [3.63, 3.8) is 0 Å².